The standard InChI is InChI=1S/C19H14ClF4NO4S2/c1-8-10(5-15(26)27)11-4-14(29-2)12(20)6-13(11)25(8)17(28)9-3-16(30-7-9)31-19(23,24)18(21)22/h3-4,6-7,18H,5H2,1-2H3,(H,26,27). The maximum absolute atomic E-state index is 13.3. The number of thioether (sulfide) groups is 1. The molecule has 166 valence electrons. The SMILES string of the molecule is COc1cc2c(CC(=O)O)c(C)n(C(=O)c3csc(SC(F)(F)C(F)F)c3)c2cc1Cl. The van der Waals surface area contributed by atoms with Crippen molar-refractivity contribution in [3.05, 3.63) is 45.4 Å². The number of carbonyl (C=O) groups excluding carboxylic acids is 1. The van der Waals surface area contributed by atoms with Crippen LogP contribution in [-0.4, -0.2) is 40.3 Å². The Hall–Kier alpha value is -2.24. The van der Waals surface area contributed by atoms with Crippen LogP contribution in [0.4, 0.5) is 17.6 Å². The van der Waals surface area contributed by atoms with Crippen molar-refractivity contribution >= 4 is 57.5 Å². The molecule has 0 spiro atoms. The minimum atomic E-state index is -4.29. The molecule has 0 saturated heterocycles. The van der Waals surface area contributed by atoms with E-state index in [1.807, 2.05) is 0 Å². The van der Waals surface area contributed by atoms with Gasteiger partial charge in [0.25, 0.3) is 5.91 Å². The number of methoxy groups -OCH3 is 1. The number of carboxylic acids is 1. The lowest BCUT2D eigenvalue weighted by Crippen LogP contribution is -2.21. The molecule has 31 heavy (non-hydrogen) atoms. The van der Waals surface area contributed by atoms with Crippen molar-refractivity contribution < 1.29 is 37.0 Å². The Balaban J connectivity index is 2.10. The van der Waals surface area contributed by atoms with Crippen molar-refractivity contribution in [1.29, 1.82) is 0 Å². The lowest BCUT2D eigenvalue weighted by molar-refractivity contribution is -0.136. The lowest BCUT2D eigenvalue weighted by Gasteiger charge is -2.12. The third-order valence-electron chi connectivity index (χ3n) is 4.45. The number of carboxylic acid groups (broad SMARTS) is 1. The Morgan fingerprint density at radius 2 is 2.00 bits per heavy atom. The highest BCUT2D eigenvalue weighted by Gasteiger charge is 2.42. The first-order valence-corrected chi connectivity index (χ1v) is 10.6. The molecule has 3 rings (SSSR count). The monoisotopic (exact) mass is 495 g/mol. The molecular formula is C19H14ClF4NO4S2. The number of carbonyl (C=O) groups is 2. The largest absolute Gasteiger partial charge is 0.495 e. The second-order valence-corrected chi connectivity index (χ2v) is 9.16. The molecule has 0 radical (unpaired) electrons. The first kappa shape index (κ1) is 23.4. The number of alkyl halides is 4. The Labute approximate surface area is 186 Å². The van der Waals surface area contributed by atoms with E-state index in [9.17, 15) is 32.3 Å². The van der Waals surface area contributed by atoms with E-state index in [0.29, 0.717) is 22.2 Å². The molecule has 0 atom stereocenters. The molecule has 1 aromatic carbocycles. The van der Waals surface area contributed by atoms with Gasteiger partial charge in [-0.25, -0.2) is 8.78 Å². The fourth-order valence-corrected chi connectivity index (χ4v) is 5.12. The highest BCUT2D eigenvalue weighted by molar-refractivity contribution is 8.02. The van der Waals surface area contributed by atoms with Gasteiger partial charge in [-0.05, 0) is 42.4 Å². The van der Waals surface area contributed by atoms with Gasteiger partial charge in [0.1, 0.15) is 5.75 Å². The van der Waals surface area contributed by atoms with Crippen LogP contribution in [0, 0.1) is 6.92 Å². The van der Waals surface area contributed by atoms with E-state index in [2.05, 4.69) is 0 Å². The Bertz CT molecular complexity index is 1180. The summed E-state index contributed by atoms with van der Waals surface area (Å²) in [7, 11) is 1.39. The summed E-state index contributed by atoms with van der Waals surface area (Å²) in [5.74, 6) is -1.47. The molecule has 5 nitrogen and oxygen atoms in total. The van der Waals surface area contributed by atoms with Gasteiger partial charge in [-0.1, -0.05) is 11.6 Å². The van der Waals surface area contributed by atoms with Crippen molar-refractivity contribution in [2.75, 3.05) is 7.11 Å². The third-order valence-corrected chi connectivity index (χ3v) is 6.78. The molecule has 0 aliphatic rings. The fraction of sp³-hybridized carbons (Fsp3) is 0.263. The number of aromatic nitrogens is 1. The second-order valence-electron chi connectivity index (χ2n) is 6.40. The van der Waals surface area contributed by atoms with Crippen molar-refractivity contribution in [3.63, 3.8) is 0 Å². The number of hydrogen-bond acceptors (Lipinski definition) is 5. The minimum absolute atomic E-state index is 0.00798. The van der Waals surface area contributed by atoms with Gasteiger partial charge in [-0.3, -0.25) is 14.2 Å². The van der Waals surface area contributed by atoms with Gasteiger partial charge in [0.15, 0.2) is 0 Å². The summed E-state index contributed by atoms with van der Waals surface area (Å²) < 4.78 is 57.8. The molecule has 2 aromatic heterocycles. The first-order chi connectivity index (χ1) is 14.5. The Morgan fingerprint density at radius 1 is 1.32 bits per heavy atom. The quantitative estimate of drug-likeness (QED) is 0.324. The highest BCUT2D eigenvalue weighted by Crippen LogP contribution is 2.43. The maximum Gasteiger partial charge on any atom is 0.358 e. The van der Waals surface area contributed by atoms with Crippen molar-refractivity contribution in [2.45, 2.75) is 29.2 Å². The van der Waals surface area contributed by atoms with E-state index < -0.39 is 23.6 Å². The topological polar surface area (TPSA) is 68.5 Å². The molecule has 0 aliphatic carbocycles. The molecule has 2 heterocycles. The van der Waals surface area contributed by atoms with E-state index in [0.717, 1.165) is 17.4 Å². The molecular weight excluding hydrogens is 482 g/mol. The first-order valence-electron chi connectivity index (χ1n) is 8.53. The van der Waals surface area contributed by atoms with Gasteiger partial charge in [0.05, 0.1) is 33.8 Å². The van der Waals surface area contributed by atoms with Crippen molar-refractivity contribution in [3.8, 4) is 5.75 Å². The minimum Gasteiger partial charge on any atom is -0.495 e. The summed E-state index contributed by atoms with van der Waals surface area (Å²) in [6, 6.07) is 4.06. The van der Waals surface area contributed by atoms with Gasteiger partial charge in [0.2, 0.25) is 0 Å². The average Bonchev–Trinajstić information content (AvgIpc) is 3.23. The number of ether oxygens (including phenoxy) is 1. The number of benzene rings is 1. The van der Waals surface area contributed by atoms with Gasteiger partial charge >= 0.3 is 17.6 Å². The van der Waals surface area contributed by atoms with E-state index in [1.165, 1.54) is 29.2 Å². The van der Waals surface area contributed by atoms with Crippen LogP contribution in [0.2, 0.25) is 5.02 Å². The molecule has 0 saturated carbocycles. The molecule has 0 aliphatic heterocycles. The van der Waals surface area contributed by atoms with Crippen molar-refractivity contribution in [2.24, 2.45) is 0 Å². The summed E-state index contributed by atoms with van der Waals surface area (Å²) in [6.07, 6.45) is -4.23. The molecule has 3 aromatic rings. The van der Waals surface area contributed by atoms with Crippen LogP contribution in [-0.2, 0) is 11.2 Å². The van der Waals surface area contributed by atoms with Gasteiger partial charge in [-0.2, -0.15) is 8.78 Å². The number of thiophene rings is 1. The van der Waals surface area contributed by atoms with Crippen LogP contribution < -0.4 is 4.74 Å². The summed E-state index contributed by atoms with van der Waals surface area (Å²) in [4.78, 5) is 24.5. The van der Waals surface area contributed by atoms with E-state index in [1.54, 1.807) is 6.92 Å². The predicted molar refractivity (Wildman–Crippen MR) is 110 cm³/mol. The Kier molecular flexibility index (Phi) is 6.59. The smallest absolute Gasteiger partial charge is 0.358 e. The summed E-state index contributed by atoms with van der Waals surface area (Å²) >= 11 is 6.58. The molecule has 12 heteroatoms. The number of rotatable bonds is 7. The average molecular weight is 496 g/mol. The Morgan fingerprint density at radius 3 is 2.58 bits per heavy atom. The summed E-state index contributed by atoms with van der Waals surface area (Å²) in [6.45, 7) is 1.55. The zero-order chi connectivity index (χ0) is 23.1. The van der Waals surface area contributed by atoms with Crippen molar-refractivity contribution in [1.82, 2.24) is 4.57 Å². The van der Waals surface area contributed by atoms with Gasteiger partial charge in [-0.15, -0.1) is 11.3 Å². The summed E-state index contributed by atoms with van der Waals surface area (Å²) in [5, 5.41) is 6.87. The van der Waals surface area contributed by atoms with Crippen LogP contribution in [0.15, 0.2) is 27.8 Å². The molecule has 0 unspecified atom stereocenters. The van der Waals surface area contributed by atoms with Crippen LogP contribution in [0.25, 0.3) is 10.9 Å². The highest BCUT2D eigenvalue weighted by atomic mass is 35.5. The number of hydrogen-bond donors (Lipinski definition) is 1. The normalized spacial score (nSPS) is 12.0. The molecule has 1 N–H and O–H groups in total. The van der Waals surface area contributed by atoms with Crippen LogP contribution >= 0.6 is 34.7 Å². The van der Waals surface area contributed by atoms with Crippen LogP contribution in [0.1, 0.15) is 21.6 Å². The zero-order valence-corrected chi connectivity index (χ0v) is 18.3. The van der Waals surface area contributed by atoms with E-state index in [-0.39, 0.29) is 38.7 Å². The summed E-state index contributed by atoms with van der Waals surface area (Å²) in [5.41, 5.74) is 0.985. The van der Waals surface area contributed by atoms with Gasteiger partial charge < -0.3 is 9.84 Å². The fourth-order valence-electron chi connectivity index (χ4n) is 3.06. The number of nitrogens with zero attached hydrogens (tertiary/aromatic N) is 1. The molecule has 0 bridgehead atoms. The second kappa shape index (κ2) is 8.71. The van der Waals surface area contributed by atoms with Crippen LogP contribution in [0.3, 0.4) is 0 Å². The molecule has 0 fully saturated rings. The zero-order valence-electron chi connectivity index (χ0n) is 15.9. The van der Waals surface area contributed by atoms with Crippen LogP contribution in [0.5, 0.6) is 5.75 Å². The maximum atomic E-state index is 13.3. The van der Waals surface area contributed by atoms with Gasteiger partial charge in [0, 0.05) is 16.5 Å². The molecule has 0 amide bonds. The third kappa shape index (κ3) is 4.53. The lowest BCUT2D eigenvalue weighted by atomic mass is 10.1. The van der Waals surface area contributed by atoms with E-state index >= 15 is 0 Å². The number of fused-ring (bicyclic) bond motifs is 1. The number of halogens is 5. The number of aliphatic carboxylic acids is 1. The predicted octanol–water partition coefficient (Wildman–Crippen LogP) is 5.94. The van der Waals surface area contributed by atoms with E-state index in [4.69, 9.17) is 16.3 Å².